The number of halogens is 1. The number of hydrogen-bond donors (Lipinski definition) is 2. The Balaban J connectivity index is 1.76. The van der Waals surface area contributed by atoms with Gasteiger partial charge in [0.1, 0.15) is 0 Å². The highest BCUT2D eigenvalue weighted by Crippen LogP contribution is 2.60. The van der Waals surface area contributed by atoms with Gasteiger partial charge < -0.3 is 10.2 Å². The fraction of sp³-hybridized carbons (Fsp3) is 0.600. The fourth-order valence-corrected chi connectivity index (χ4v) is 6.86. The predicted octanol–water partition coefficient (Wildman–Crippen LogP) is 6.20. The second-order valence-corrected chi connectivity index (χ2v) is 9.72. The minimum absolute atomic E-state index is 0.0897. The Bertz CT molecular complexity index is 698. The molecule has 28 heavy (non-hydrogen) atoms. The summed E-state index contributed by atoms with van der Waals surface area (Å²) < 4.78 is 0. The van der Waals surface area contributed by atoms with Crippen molar-refractivity contribution in [2.75, 3.05) is 6.61 Å². The summed E-state index contributed by atoms with van der Waals surface area (Å²) in [4.78, 5) is 2.17. The molecule has 0 unspecified atom stereocenters. The Morgan fingerprint density at radius 1 is 1.32 bits per heavy atom. The third-order valence-electron chi connectivity index (χ3n) is 7.66. The van der Waals surface area contributed by atoms with Crippen molar-refractivity contribution < 1.29 is 10.2 Å². The summed E-state index contributed by atoms with van der Waals surface area (Å²) in [6, 6.07) is 10.0. The van der Waals surface area contributed by atoms with Gasteiger partial charge in [0.25, 0.3) is 0 Å². The molecule has 2 aliphatic rings. The Kier molecular flexibility index (Phi) is 7.22. The van der Waals surface area contributed by atoms with Crippen LogP contribution in [-0.2, 0) is 0 Å². The maximum absolute atomic E-state index is 11.2. The first-order valence-corrected chi connectivity index (χ1v) is 11.6. The number of benzene rings is 1. The zero-order chi connectivity index (χ0) is 20.3. The molecule has 0 amide bonds. The van der Waals surface area contributed by atoms with Crippen LogP contribution in [0.3, 0.4) is 0 Å². The minimum Gasteiger partial charge on any atom is -0.392 e. The van der Waals surface area contributed by atoms with Crippen LogP contribution in [0, 0.1) is 23.2 Å². The second kappa shape index (κ2) is 9.28. The largest absolute Gasteiger partial charge is 0.392 e. The molecule has 0 heterocycles. The van der Waals surface area contributed by atoms with E-state index in [1.54, 1.807) is 5.57 Å². The van der Waals surface area contributed by atoms with Gasteiger partial charge in [-0.15, -0.1) is 0 Å². The lowest BCUT2D eigenvalue weighted by atomic mass is 9.61. The van der Waals surface area contributed by atoms with Gasteiger partial charge in [-0.25, -0.2) is 0 Å². The standard InChI is InChI=1S/C25H35BrO2/c1-17(21-11-12-22-20(15-26)10-7-13-25(21,22)3)14-23(28)24(18(2)16-27)19-8-5-4-6-9-19/h4-6,8-9,15,17,21-24,27-28H,2,7,10-14,16H2,1,3H3/b20-15+/t17-,21-,22+,23-,24-,25-/m1/s1. The van der Waals surface area contributed by atoms with Gasteiger partial charge in [0.15, 0.2) is 0 Å². The van der Waals surface area contributed by atoms with Crippen LogP contribution in [-0.4, -0.2) is 22.9 Å². The van der Waals surface area contributed by atoms with Crippen molar-refractivity contribution in [3.8, 4) is 0 Å². The van der Waals surface area contributed by atoms with Crippen molar-refractivity contribution in [1.82, 2.24) is 0 Å². The molecular weight excluding hydrogens is 412 g/mol. The van der Waals surface area contributed by atoms with Gasteiger partial charge in [0.05, 0.1) is 12.7 Å². The summed E-state index contributed by atoms with van der Waals surface area (Å²) >= 11 is 3.60. The predicted molar refractivity (Wildman–Crippen MR) is 120 cm³/mol. The van der Waals surface area contributed by atoms with Crippen LogP contribution < -0.4 is 0 Å². The molecule has 6 atom stereocenters. The molecule has 1 aromatic rings. The first-order chi connectivity index (χ1) is 13.4. The summed E-state index contributed by atoms with van der Waals surface area (Å²) in [5.41, 5.74) is 3.66. The van der Waals surface area contributed by atoms with Gasteiger partial charge in [-0.1, -0.05) is 72.3 Å². The number of aliphatic hydroxyl groups is 2. The van der Waals surface area contributed by atoms with Crippen molar-refractivity contribution in [3.05, 3.63) is 58.6 Å². The summed E-state index contributed by atoms with van der Waals surface area (Å²) in [5, 5.41) is 20.9. The van der Waals surface area contributed by atoms with E-state index in [1.165, 1.54) is 32.1 Å². The highest BCUT2D eigenvalue weighted by molar-refractivity contribution is 9.11. The van der Waals surface area contributed by atoms with Crippen molar-refractivity contribution in [2.24, 2.45) is 23.2 Å². The van der Waals surface area contributed by atoms with Gasteiger partial charge in [0, 0.05) is 5.92 Å². The first-order valence-electron chi connectivity index (χ1n) is 10.7. The maximum Gasteiger partial charge on any atom is 0.0649 e. The molecule has 0 aromatic heterocycles. The highest BCUT2D eigenvalue weighted by atomic mass is 79.9. The number of fused-ring (bicyclic) bond motifs is 1. The molecule has 154 valence electrons. The smallest absolute Gasteiger partial charge is 0.0649 e. The topological polar surface area (TPSA) is 40.5 Å². The molecule has 2 aliphatic carbocycles. The Morgan fingerprint density at radius 3 is 2.68 bits per heavy atom. The molecule has 3 rings (SSSR count). The maximum atomic E-state index is 11.2. The van der Waals surface area contributed by atoms with Crippen molar-refractivity contribution in [1.29, 1.82) is 0 Å². The Labute approximate surface area is 178 Å². The van der Waals surface area contributed by atoms with Gasteiger partial charge in [0.2, 0.25) is 0 Å². The zero-order valence-corrected chi connectivity index (χ0v) is 18.9. The molecule has 0 radical (unpaired) electrons. The van der Waals surface area contributed by atoms with Crippen LogP contribution in [0.1, 0.15) is 63.9 Å². The SMILES string of the molecule is C=C(CO)[C@H](c1ccccc1)[C@H](O)C[C@@H](C)[C@H]1CC[C@H]2/C(=C/Br)CCC[C@]12C. The molecule has 2 nitrogen and oxygen atoms in total. The van der Waals surface area contributed by atoms with Crippen LogP contribution >= 0.6 is 15.9 Å². The van der Waals surface area contributed by atoms with E-state index in [0.29, 0.717) is 28.7 Å². The van der Waals surface area contributed by atoms with E-state index in [0.717, 1.165) is 12.0 Å². The van der Waals surface area contributed by atoms with Gasteiger partial charge in [-0.3, -0.25) is 0 Å². The van der Waals surface area contributed by atoms with E-state index in [9.17, 15) is 10.2 Å². The number of aliphatic hydroxyl groups excluding tert-OH is 2. The lowest BCUT2D eigenvalue weighted by Gasteiger charge is -2.44. The van der Waals surface area contributed by atoms with Gasteiger partial charge >= 0.3 is 0 Å². The third-order valence-corrected chi connectivity index (χ3v) is 8.25. The summed E-state index contributed by atoms with van der Waals surface area (Å²) in [7, 11) is 0. The monoisotopic (exact) mass is 446 g/mol. The molecule has 3 heteroatoms. The van der Waals surface area contributed by atoms with E-state index in [-0.39, 0.29) is 12.5 Å². The zero-order valence-electron chi connectivity index (χ0n) is 17.3. The third kappa shape index (κ3) is 4.17. The summed E-state index contributed by atoms with van der Waals surface area (Å²) in [5.74, 6) is 1.55. The lowest BCUT2D eigenvalue weighted by molar-refractivity contribution is 0.0572. The van der Waals surface area contributed by atoms with Crippen LogP contribution in [0.25, 0.3) is 0 Å². The van der Waals surface area contributed by atoms with Crippen LogP contribution in [0.4, 0.5) is 0 Å². The van der Waals surface area contributed by atoms with E-state index < -0.39 is 6.10 Å². The number of allylic oxidation sites excluding steroid dienone is 1. The molecule has 2 N–H and O–H groups in total. The lowest BCUT2D eigenvalue weighted by Crippen LogP contribution is -2.37. The van der Waals surface area contributed by atoms with Crippen LogP contribution in [0.2, 0.25) is 0 Å². The summed E-state index contributed by atoms with van der Waals surface area (Å²) in [6.45, 7) is 8.76. The fourth-order valence-electron chi connectivity index (χ4n) is 6.32. The molecule has 0 aliphatic heterocycles. The van der Waals surface area contributed by atoms with Crippen LogP contribution in [0.5, 0.6) is 0 Å². The van der Waals surface area contributed by atoms with Crippen molar-refractivity contribution in [2.45, 2.75) is 64.4 Å². The minimum atomic E-state index is -0.519. The van der Waals surface area contributed by atoms with E-state index >= 15 is 0 Å². The Morgan fingerprint density at radius 2 is 2.04 bits per heavy atom. The normalized spacial score (nSPS) is 32.0. The van der Waals surface area contributed by atoms with E-state index in [4.69, 9.17) is 0 Å². The quantitative estimate of drug-likeness (QED) is 0.489. The first kappa shape index (κ1) is 21.8. The molecule has 0 bridgehead atoms. The average Bonchev–Trinajstić information content (AvgIpc) is 3.05. The second-order valence-electron chi connectivity index (χ2n) is 9.26. The van der Waals surface area contributed by atoms with Crippen LogP contribution in [0.15, 0.2) is 53.0 Å². The number of rotatable bonds is 7. The molecule has 2 fully saturated rings. The molecule has 0 spiro atoms. The number of hydrogen-bond acceptors (Lipinski definition) is 2. The molecule has 1 aromatic carbocycles. The highest BCUT2D eigenvalue weighted by Gasteiger charge is 2.50. The summed E-state index contributed by atoms with van der Waals surface area (Å²) in [6.07, 6.45) is 6.53. The van der Waals surface area contributed by atoms with E-state index in [2.05, 4.69) is 41.3 Å². The molecule has 2 saturated carbocycles. The van der Waals surface area contributed by atoms with Gasteiger partial charge in [-0.2, -0.15) is 0 Å². The van der Waals surface area contributed by atoms with Crippen molar-refractivity contribution >= 4 is 15.9 Å². The Hall–Kier alpha value is -0.900. The van der Waals surface area contributed by atoms with Gasteiger partial charge in [-0.05, 0) is 77.8 Å². The molecule has 0 saturated heterocycles. The van der Waals surface area contributed by atoms with Crippen molar-refractivity contribution in [3.63, 3.8) is 0 Å². The van der Waals surface area contributed by atoms with E-state index in [1.807, 2.05) is 30.3 Å². The average molecular weight is 447 g/mol. The molecular formula is C25H35BrO2.